The third-order valence-corrected chi connectivity index (χ3v) is 3.16. The number of benzene rings is 1. The van der Waals surface area contributed by atoms with Gasteiger partial charge in [0, 0.05) is 24.7 Å². The average Bonchev–Trinajstić information content (AvgIpc) is 2.36. The van der Waals surface area contributed by atoms with Crippen LogP contribution in [0.2, 0.25) is 0 Å². The maximum atomic E-state index is 11.1. The number of hydrogen-bond donors (Lipinski definition) is 3. The fraction of sp³-hybridized carbons (Fsp3) is 0.273. The fourth-order valence-electron chi connectivity index (χ4n) is 1.37. The van der Waals surface area contributed by atoms with Gasteiger partial charge in [-0.25, -0.2) is 0 Å². The molecule has 3 N–H and O–H groups in total. The van der Waals surface area contributed by atoms with E-state index in [9.17, 15) is 14.9 Å². The van der Waals surface area contributed by atoms with Crippen LogP contribution in [0, 0.1) is 10.1 Å². The Bertz CT molecular complexity index is 577. The first-order chi connectivity index (χ1) is 10.1. The molecular weight excluding hydrogens is 375 g/mol. The quantitative estimate of drug-likeness (QED) is 0.242. The number of hydrogen-bond acceptors (Lipinski definition) is 4. The zero-order valence-corrected chi connectivity index (χ0v) is 14.2. The summed E-state index contributed by atoms with van der Waals surface area (Å²) in [5.74, 6) is -0.415. The zero-order chi connectivity index (χ0) is 16.9. The first-order valence-electron chi connectivity index (χ1n) is 5.75. The third-order valence-electron chi connectivity index (χ3n) is 2.29. The number of nitro benzene ring substituents is 1. The zero-order valence-electron chi connectivity index (χ0n) is 11.1. The SMILES string of the molecule is CC(=O)NC(NC(=S)Nc1ccc([N+](=O)[O-])cc1)C(Cl)(Cl)Cl. The lowest BCUT2D eigenvalue weighted by Crippen LogP contribution is -2.55. The van der Waals surface area contributed by atoms with E-state index in [1.807, 2.05) is 0 Å². The minimum atomic E-state index is -1.83. The molecule has 11 heteroatoms. The first kappa shape index (κ1) is 18.7. The van der Waals surface area contributed by atoms with Gasteiger partial charge in [-0.1, -0.05) is 34.8 Å². The number of carbonyl (C=O) groups is 1. The topological polar surface area (TPSA) is 96.3 Å². The Kier molecular flexibility index (Phi) is 6.61. The summed E-state index contributed by atoms with van der Waals surface area (Å²) in [6.07, 6.45) is -1.05. The molecule has 0 bridgehead atoms. The highest BCUT2D eigenvalue weighted by Crippen LogP contribution is 2.29. The van der Waals surface area contributed by atoms with Gasteiger partial charge in [-0.05, 0) is 24.4 Å². The summed E-state index contributed by atoms with van der Waals surface area (Å²) in [4.78, 5) is 21.1. The van der Waals surface area contributed by atoms with E-state index in [-0.39, 0.29) is 10.8 Å². The van der Waals surface area contributed by atoms with Crippen LogP contribution in [0.25, 0.3) is 0 Å². The molecule has 0 aromatic heterocycles. The van der Waals surface area contributed by atoms with E-state index in [1.54, 1.807) is 0 Å². The smallest absolute Gasteiger partial charge is 0.269 e. The minimum absolute atomic E-state index is 0.0539. The monoisotopic (exact) mass is 384 g/mol. The maximum Gasteiger partial charge on any atom is 0.269 e. The number of nitrogens with zero attached hydrogens (tertiary/aromatic N) is 1. The second kappa shape index (κ2) is 7.77. The van der Waals surface area contributed by atoms with Crippen LogP contribution in [0.4, 0.5) is 11.4 Å². The van der Waals surface area contributed by atoms with Gasteiger partial charge in [0.1, 0.15) is 6.17 Å². The third kappa shape index (κ3) is 6.18. The van der Waals surface area contributed by atoms with Crippen LogP contribution >= 0.6 is 47.0 Å². The average molecular weight is 386 g/mol. The summed E-state index contributed by atoms with van der Waals surface area (Å²) in [5.41, 5.74) is 0.441. The predicted octanol–water partition coefficient (Wildman–Crippen LogP) is 2.71. The van der Waals surface area contributed by atoms with Crippen molar-refractivity contribution in [2.24, 2.45) is 0 Å². The summed E-state index contributed by atoms with van der Waals surface area (Å²) in [7, 11) is 0. The lowest BCUT2D eigenvalue weighted by molar-refractivity contribution is -0.384. The molecule has 1 unspecified atom stereocenters. The van der Waals surface area contributed by atoms with Crippen molar-refractivity contribution in [3.05, 3.63) is 34.4 Å². The molecule has 120 valence electrons. The number of halogens is 3. The van der Waals surface area contributed by atoms with Gasteiger partial charge in [0.25, 0.3) is 5.69 Å². The number of nitro groups is 1. The van der Waals surface area contributed by atoms with Crippen molar-refractivity contribution in [1.29, 1.82) is 0 Å². The van der Waals surface area contributed by atoms with Crippen molar-refractivity contribution >= 4 is 69.4 Å². The van der Waals surface area contributed by atoms with Gasteiger partial charge in [0.2, 0.25) is 9.70 Å². The Morgan fingerprint density at radius 1 is 1.27 bits per heavy atom. The molecule has 0 aliphatic rings. The van der Waals surface area contributed by atoms with E-state index in [2.05, 4.69) is 16.0 Å². The highest BCUT2D eigenvalue weighted by molar-refractivity contribution is 7.80. The van der Waals surface area contributed by atoms with Gasteiger partial charge < -0.3 is 16.0 Å². The number of non-ortho nitro benzene ring substituents is 1. The van der Waals surface area contributed by atoms with Crippen LogP contribution in [0.3, 0.4) is 0 Å². The Labute approximate surface area is 146 Å². The largest absolute Gasteiger partial charge is 0.339 e. The molecule has 0 spiro atoms. The molecule has 1 amide bonds. The lowest BCUT2D eigenvalue weighted by Gasteiger charge is -2.27. The standard InChI is InChI=1S/C11H11Cl3N4O3S/c1-6(19)15-9(11(12,13)14)17-10(22)16-7-2-4-8(5-3-7)18(20)21/h2-5,9H,1H3,(H,15,19)(H2,16,17,22). The van der Waals surface area contributed by atoms with Crippen molar-refractivity contribution in [2.45, 2.75) is 16.9 Å². The van der Waals surface area contributed by atoms with E-state index in [1.165, 1.54) is 31.2 Å². The molecule has 0 fully saturated rings. The maximum absolute atomic E-state index is 11.1. The van der Waals surface area contributed by atoms with Crippen LogP contribution in [-0.4, -0.2) is 25.9 Å². The summed E-state index contributed by atoms with van der Waals surface area (Å²) in [5, 5.41) is 18.4. The Morgan fingerprint density at radius 2 is 1.82 bits per heavy atom. The van der Waals surface area contributed by atoms with E-state index in [0.717, 1.165) is 0 Å². The number of alkyl halides is 3. The second-order valence-corrected chi connectivity index (χ2v) is 6.85. The number of amides is 1. The van der Waals surface area contributed by atoms with E-state index >= 15 is 0 Å². The van der Waals surface area contributed by atoms with Crippen LogP contribution in [0.15, 0.2) is 24.3 Å². The molecule has 1 aromatic rings. The van der Waals surface area contributed by atoms with Gasteiger partial charge >= 0.3 is 0 Å². The molecule has 1 aromatic carbocycles. The number of anilines is 1. The van der Waals surface area contributed by atoms with Gasteiger partial charge in [-0.15, -0.1) is 0 Å². The molecule has 1 atom stereocenters. The fourth-order valence-corrected chi connectivity index (χ4v) is 1.93. The van der Waals surface area contributed by atoms with Crippen molar-refractivity contribution in [3.63, 3.8) is 0 Å². The summed E-state index contributed by atoms with van der Waals surface area (Å²) >= 11 is 22.2. The summed E-state index contributed by atoms with van der Waals surface area (Å²) in [6, 6.07) is 5.56. The highest BCUT2D eigenvalue weighted by Gasteiger charge is 2.33. The van der Waals surface area contributed by atoms with Crippen molar-refractivity contribution in [2.75, 3.05) is 5.32 Å². The Morgan fingerprint density at radius 3 is 2.23 bits per heavy atom. The molecule has 0 aliphatic carbocycles. The minimum Gasteiger partial charge on any atom is -0.339 e. The summed E-state index contributed by atoms with van der Waals surface area (Å²) < 4.78 is -1.83. The van der Waals surface area contributed by atoms with Gasteiger partial charge in [-0.2, -0.15) is 0 Å². The molecule has 1 rings (SSSR count). The molecular formula is C11H11Cl3N4O3S. The normalized spacial score (nSPS) is 12.2. The summed E-state index contributed by atoms with van der Waals surface area (Å²) in [6.45, 7) is 1.26. The van der Waals surface area contributed by atoms with Crippen LogP contribution in [0.1, 0.15) is 6.92 Å². The first-order valence-corrected chi connectivity index (χ1v) is 7.29. The Balaban J connectivity index is 2.71. The number of carbonyl (C=O) groups excluding carboxylic acids is 1. The molecule has 22 heavy (non-hydrogen) atoms. The Hall–Kier alpha value is -1.35. The van der Waals surface area contributed by atoms with Crippen molar-refractivity contribution in [3.8, 4) is 0 Å². The molecule has 0 aliphatic heterocycles. The molecule has 0 radical (unpaired) electrons. The molecule has 0 saturated carbocycles. The highest BCUT2D eigenvalue weighted by atomic mass is 35.6. The number of thiocarbonyl (C=S) groups is 1. The predicted molar refractivity (Wildman–Crippen MR) is 90.3 cm³/mol. The van der Waals surface area contributed by atoms with Crippen LogP contribution in [-0.2, 0) is 4.79 Å². The molecule has 7 nitrogen and oxygen atoms in total. The van der Waals surface area contributed by atoms with E-state index in [0.29, 0.717) is 5.69 Å². The van der Waals surface area contributed by atoms with Crippen LogP contribution < -0.4 is 16.0 Å². The van der Waals surface area contributed by atoms with Crippen LogP contribution in [0.5, 0.6) is 0 Å². The second-order valence-electron chi connectivity index (χ2n) is 4.08. The lowest BCUT2D eigenvalue weighted by atomic mass is 10.3. The number of nitrogens with one attached hydrogen (secondary N) is 3. The van der Waals surface area contributed by atoms with Gasteiger partial charge in [0.15, 0.2) is 5.11 Å². The molecule has 0 saturated heterocycles. The van der Waals surface area contributed by atoms with Crippen molar-refractivity contribution in [1.82, 2.24) is 10.6 Å². The molecule has 0 heterocycles. The van der Waals surface area contributed by atoms with E-state index < -0.39 is 20.8 Å². The van der Waals surface area contributed by atoms with Gasteiger partial charge in [-0.3, -0.25) is 14.9 Å². The van der Waals surface area contributed by atoms with E-state index in [4.69, 9.17) is 47.0 Å². The van der Waals surface area contributed by atoms with Gasteiger partial charge in [0.05, 0.1) is 4.92 Å². The van der Waals surface area contributed by atoms with Crippen molar-refractivity contribution < 1.29 is 9.72 Å². The number of rotatable bonds is 4.